The first-order valence-corrected chi connectivity index (χ1v) is 6.30. The third-order valence-electron chi connectivity index (χ3n) is 2.49. The minimum absolute atomic E-state index is 0.0875. The van der Waals surface area contributed by atoms with Gasteiger partial charge in [-0.1, -0.05) is 22.0 Å². The largest absolute Gasteiger partial charge is 0.508 e. The van der Waals surface area contributed by atoms with Crippen LogP contribution in [0.2, 0.25) is 0 Å². The predicted molar refractivity (Wildman–Crippen MR) is 70.1 cm³/mol. The summed E-state index contributed by atoms with van der Waals surface area (Å²) < 4.78 is 0.684. The Morgan fingerprint density at radius 3 is 2.67 bits per heavy atom. The number of benzene rings is 1. The van der Waals surface area contributed by atoms with Gasteiger partial charge in [0.1, 0.15) is 11.9 Å². The summed E-state index contributed by atoms with van der Waals surface area (Å²) in [7, 11) is 0. The van der Waals surface area contributed by atoms with Gasteiger partial charge in [0.15, 0.2) is 0 Å². The van der Waals surface area contributed by atoms with Crippen molar-refractivity contribution in [3.63, 3.8) is 0 Å². The number of aliphatic hydroxyl groups is 2. The van der Waals surface area contributed by atoms with E-state index in [1.807, 2.05) is 0 Å². The van der Waals surface area contributed by atoms with Crippen molar-refractivity contribution in [2.75, 3.05) is 6.54 Å². The zero-order valence-electron chi connectivity index (χ0n) is 9.93. The van der Waals surface area contributed by atoms with E-state index in [0.29, 0.717) is 4.47 Å². The van der Waals surface area contributed by atoms with E-state index < -0.39 is 12.2 Å². The first-order chi connectivity index (χ1) is 8.41. The molecule has 4 N–H and O–H groups in total. The Labute approximate surface area is 114 Å². The Morgan fingerprint density at radius 2 is 2.11 bits per heavy atom. The van der Waals surface area contributed by atoms with Crippen molar-refractivity contribution in [2.45, 2.75) is 25.6 Å². The summed E-state index contributed by atoms with van der Waals surface area (Å²) in [5.41, 5.74) is 0.258. The number of phenols is 1. The molecule has 1 aromatic rings. The van der Waals surface area contributed by atoms with Gasteiger partial charge in [0.05, 0.1) is 6.10 Å². The molecule has 0 aliphatic heterocycles. The lowest BCUT2D eigenvalue weighted by Gasteiger charge is -2.19. The van der Waals surface area contributed by atoms with E-state index in [1.165, 1.54) is 19.1 Å². The summed E-state index contributed by atoms with van der Waals surface area (Å²) in [6.45, 7) is 1.65. The van der Waals surface area contributed by atoms with Crippen molar-refractivity contribution in [2.24, 2.45) is 0 Å². The molecule has 0 aliphatic carbocycles. The van der Waals surface area contributed by atoms with E-state index in [4.69, 9.17) is 0 Å². The van der Waals surface area contributed by atoms with Crippen LogP contribution in [0.5, 0.6) is 5.75 Å². The van der Waals surface area contributed by atoms with Crippen molar-refractivity contribution in [1.82, 2.24) is 5.32 Å². The van der Waals surface area contributed by atoms with Crippen molar-refractivity contribution in [3.8, 4) is 5.75 Å². The summed E-state index contributed by atoms with van der Waals surface area (Å²) >= 11 is 3.19. The molecule has 100 valence electrons. The van der Waals surface area contributed by atoms with Crippen LogP contribution >= 0.6 is 15.9 Å². The van der Waals surface area contributed by atoms with Crippen LogP contribution in [0.4, 0.5) is 0 Å². The molecular formula is C12H16BrNO4. The lowest BCUT2D eigenvalue weighted by atomic mass is 10.0. The second kappa shape index (κ2) is 6.72. The third kappa shape index (κ3) is 4.29. The van der Waals surface area contributed by atoms with Gasteiger partial charge in [-0.3, -0.25) is 4.79 Å². The van der Waals surface area contributed by atoms with Gasteiger partial charge < -0.3 is 20.6 Å². The normalized spacial score (nSPS) is 14.0. The fraction of sp³-hybridized carbons (Fsp3) is 0.417. The van der Waals surface area contributed by atoms with E-state index in [-0.39, 0.29) is 30.2 Å². The van der Waals surface area contributed by atoms with Crippen molar-refractivity contribution >= 4 is 21.8 Å². The van der Waals surface area contributed by atoms with Crippen molar-refractivity contribution < 1.29 is 20.1 Å². The monoisotopic (exact) mass is 317 g/mol. The Hall–Kier alpha value is -1.11. The number of aromatic hydroxyl groups is 1. The van der Waals surface area contributed by atoms with E-state index in [2.05, 4.69) is 21.2 Å². The molecule has 0 saturated heterocycles. The highest BCUT2D eigenvalue weighted by atomic mass is 79.9. The molecule has 0 aliphatic rings. The molecular weight excluding hydrogens is 302 g/mol. The fourth-order valence-corrected chi connectivity index (χ4v) is 1.88. The van der Waals surface area contributed by atoms with Crippen LogP contribution in [0.15, 0.2) is 22.7 Å². The Kier molecular flexibility index (Phi) is 5.58. The smallest absolute Gasteiger partial charge is 0.216 e. The topological polar surface area (TPSA) is 89.8 Å². The zero-order valence-corrected chi connectivity index (χ0v) is 11.5. The van der Waals surface area contributed by atoms with Crippen LogP contribution in [0, 0.1) is 0 Å². The SMILES string of the molecule is CC(=O)NCCC(O)C(O)c1ccc(Br)cc1O. The number of aliphatic hydroxyl groups excluding tert-OH is 2. The van der Waals surface area contributed by atoms with Gasteiger partial charge in [0.25, 0.3) is 0 Å². The number of rotatable bonds is 5. The number of nitrogens with one attached hydrogen (secondary N) is 1. The average molecular weight is 318 g/mol. The van der Waals surface area contributed by atoms with Gasteiger partial charge in [0.2, 0.25) is 5.91 Å². The molecule has 0 bridgehead atoms. The van der Waals surface area contributed by atoms with Crippen molar-refractivity contribution in [1.29, 1.82) is 0 Å². The summed E-state index contributed by atoms with van der Waals surface area (Å²) in [5, 5.41) is 31.8. The van der Waals surface area contributed by atoms with Crippen LogP contribution in [0.3, 0.4) is 0 Å². The molecule has 2 atom stereocenters. The Balaban J connectivity index is 2.62. The number of amides is 1. The van der Waals surface area contributed by atoms with E-state index in [9.17, 15) is 20.1 Å². The second-order valence-corrected chi connectivity index (χ2v) is 4.90. The van der Waals surface area contributed by atoms with E-state index in [1.54, 1.807) is 6.07 Å². The molecule has 1 amide bonds. The van der Waals surface area contributed by atoms with Crippen LogP contribution in [-0.4, -0.2) is 33.9 Å². The van der Waals surface area contributed by atoms with E-state index in [0.717, 1.165) is 0 Å². The minimum atomic E-state index is -1.19. The number of carbonyl (C=O) groups is 1. The molecule has 5 nitrogen and oxygen atoms in total. The fourth-order valence-electron chi connectivity index (χ4n) is 1.53. The van der Waals surface area contributed by atoms with Gasteiger partial charge in [-0.2, -0.15) is 0 Å². The molecule has 0 aromatic heterocycles. The summed E-state index contributed by atoms with van der Waals surface area (Å²) in [6, 6.07) is 4.64. The lowest BCUT2D eigenvalue weighted by molar-refractivity contribution is -0.119. The second-order valence-electron chi connectivity index (χ2n) is 3.99. The van der Waals surface area contributed by atoms with Crippen LogP contribution in [-0.2, 0) is 4.79 Å². The molecule has 0 spiro atoms. The number of carbonyl (C=O) groups excluding carboxylic acids is 1. The van der Waals surface area contributed by atoms with Gasteiger partial charge >= 0.3 is 0 Å². The molecule has 1 rings (SSSR count). The highest BCUT2D eigenvalue weighted by Gasteiger charge is 2.21. The van der Waals surface area contributed by atoms with E-state index >= 15 is 0 Å². The highest BCUT2D eigenvalue weighted by Crippen LogP contribution is 2.29. The van der Waals surface area contributed by atoms with Crippen LogP contribution < -0.4 is 5.32 Å². The maximum atomic E-state index is 10.7. The molecule has 18 heavy (non-hydrogen) atoms. The molecule has 2 unspecified atom stereocenters. The number of halogens is 1. The van der Waals surface area contributed by atoms with Gasteiger partial charge in [0, 0.05) is 23.5 Å². The van der Waals surface area contributed by atoms with Crippen LogP contribution in [0.1, 0.15) is 25.0 Å². The first kappa shape index (κ1) is 14.9. The zero-order chi connectivity index (χ0) is 13.7. The van der Waals surface area contributed by atoms with Crippen LogP contribution in [0.25, 0.3) is 0 Å². The minimum Gasteiger partial charge on any atom is -0.508 e. The number of hydrogen-bond donors (Lipinski definition) is 4. The van der Waals surface area contributed by atoms with Gasteiger partial charge in [-0.05, 0) is 18.6 Å². The highest BCUT2D eigenvalue weighted by molar-refractivity contribution is 9.10. The van der Waals surface area contributed by atoms with Gasteiger partial charge in [-0.15, -0.1) is 0 Å². The third-order valence-corrected chi connectivity index (χ3v) is 2.98. The molecule has 0 saturated carbocycles. The maximum absolute atomic E-state index is 10.7. The van der Waals surface area contributed by atoms with Crippen molar-refractivity contribution in [3.05, 3.63) is 28.2 Å². The first-order valence-electron chi connectivity index (χ1n) is 5.50. The number of hydrogen-bond acceptors (Lipinski definition) is 4. The average Bonchev–Trinajstić information content (AvgIpc) is 2.27. The standard InChI is InChI=1S/C12H16BrNO4/c1-7(15)14-5-4-10(16)12(18)9-3-2-8(13)6-11(9)17/h2-3,6,10,12,16-18H,4-5H2,1H3,(H,14,15). The molecule has 1 aromatic carbocycles. The molecule has 0 heterocycles. The predicted octanol–water partition coefficient (Wildman–Crippen LogP) is 1.08. The lowest BCUT2D eigenvalue weighted by Crippen LogP contribution is -2.27. The summed E-state index contributed by atoms with van der Waals surface area (Å²) in [5.74, 6) is -0.279. The Bertz CT molecular complexity index is 425. The van der Waals surface area contributed by atoms with Gasteiger partial charge in [-0.25, -0.2) is 0 Å². The quantitative estimate of drug-likeness (QED) is 0.654. The number of phenolic OH excluding ortho intramolecular Hbond substituents is 1. The summed E-state index contributed by atoms with van der Waals surface area (Å²) in [6.07, 6.45) is -2.04. The molecule has 0 fully saturated rings. The summed E-state index contributed by atoms with van der Waals surface area (Å²) in [4.78, 5) is 10.7. The molecule has 0 radical (unpaired) electrons. The Morgan fingerprint density at radius 1 is 1.44 bits per heavy atom. The molecule has 6 heteroatoms. The maximum Gasteiger partial charge on any atom is 0.216 e.